The lowest BCUT2D eigenvalue weighted by atomic mass is 10.1. The summed E-state index contributed by atoms with van der Waals surface area (Å²) in [7, 11) is 0. The number of amides is 2. The van der Waals surface area contributed by atoms with Crippen molar-refractivity contribution in [3.63, 3.8) is 0 Å². The molecule has 0 aliphatic rings. The van der Waals surface area contributed by atoms with Gasteiger partial charge in [0.25, 0.3) is 5.91 Å². The van der Waals surface area contributed by atoms with Gasteiger partial charge in [-0.3, -0.25) is 9.59 Å². The molecule has 0 saturated carbocycles. The molecule has 3 rings (SSSR count). The monoisotopic (exact) mass is 374 g/mol. The van der Waals surface area contributed by atoms with E-state index >= 15 is 0 Å². The lowest BCUT2D eigenvalue weighted by Gasteiger charge is -2.09. The summed E-state index contributed by atoms with van der Waals surface area (Å²) in [6.45, 7) is 2.32. The molecular formula is C23H22N2O3. The van der Waals surface area contributed by atoms with Crippen molar-refractivity contribution < 1.29 is 14.3 Å². The van der Waals surface area contributed by atoms with Crippen LogP contribution >= 0.6 is 0 Å². The van der Waals surface area contributed by atoms with Crippen molar-refractivity contribution >= 4 is 17.5 Å². The highest BCUT2D eigenvalue weighted by atomic mass is 16.5. The fourth-order valence-corrected chi connectivity index (χ4v) is 2.69. The molecule has 0 aromatic heterocycles. The highest BCUT2D eigenvalue weighted by Gasteiger charge is 2.06. The first-order valence-corrected chi connectivity index (χ1v) is 9.02. The molecule has 28 heavy (non-hydrogen) atoms. The van der Waals surface area contributed by atoms with E-state index in [0.29, 0.717) is 30.2 Å². The number of rotatable bonds is 7. The zero-order valence-electron chi connectivity index (χ0n) is 15.6. The standard InChI is InChI=1S/C23H22N2O3/c1-17(26)25-21-9-5-8-19(14-21)15-24-23(27)20-10-12-22(13-11-20)28-16-18-6-3-2-4-7-18/h2-14H,15-16H2,1H3,(H,24,27)(H,25,26). The van der Waals surface area contributed by atoms with Crippen LogP contribution in [0.15, 0.2) is 78.9 Å². The van der Waals surface area contributed by atoms with Crippen LogP contribution in [-0.2, 0) is 17.9 Å². The Kier molecular flexibility index (Phi) is 6.41. The van der Waals surface area contributed by atoms with E-state index in [0.717, 1.165) is 11.1 Å². The third-order valence-corrected chi connectivity index (χ3v) is 4.07. The summed E-state index contributed by atoms with van der Waals surface area (Å²) in [5.41, 5.74) is 3.26. The van der Waals surface area contributed by atoms with E-state index in [1.165, 1.54) is 6.92 Å². The topological polar surface area (TPSA) is 67.4 Å². The molecule has 0 bridgehead atoms. The Morgan fingerprint density at radius 3 is 2.29 bits per heavy atom. The molecule has 3 aromatic rings. The van der Waals surface area contributed by atoms with Gasteiger partial charge in [-0.25, -0.2) is 0 Å². The van der Waals surface area contributed by atoms with Crippen molar-refractivity contribution in [2.75, 3.05) is 5.32 Å². The van der Waals surface area contributed by atoms with Crippen LogP contribution in [0, 0.1) is 0 Å². The summed E-state index contributed by atoms with van der Waals surface area (Å²) in [6, 6.07) is 24.3. The summed E-state index contributed by atoms with van der Waals surface area (Å²) in [6.07, 6.45) is 0. The Labute approximate surface area is 164 Å². The molecule has 2 amide bonds. The maximum atomic E-state index is 12.3. The first-order chi connectivity index (χ1) is 13.6. The second-order valence-corrected chi connectivity index (χ2v) is 6.36. The minimum atomic E-state index is -0.167. The largest absolute Gasteiger partial charge is 0.489 e. The number of hydrogen-bond donors (Lipinski definition) is 2. The fourth-order valence-electron chi connectivity index (χ4n) is 2.69. The third kappa shape index (κ3) is 5.71. The first kappa shape index (κ1) is 19.2. The van der Waals surface area contributed by atoms with E-state index in [4.69, 9.17) is 4.74 Å². The maximum Gasteiger partial charge on any atom is 0.251 e. The SMILES string of the molecule is CC(=O)Nc1cccc(CNC(=O)c2ccc(OCc3ccccc3)cc2)c1. The van der Waals surface area contributed by atoms with Crippen molar-refractivity contribution in [3.8, 4) is 5.75 Å². The van der Waals surface area contributed by atoms with E-state index in [2.05, 4.69) is 10.6 Å². The van der Waals surface area contributed by atoms with Crippen LogP contribution in [0.2, 0.25) is 0 Å². The Morgan fingerprint density at radius 2 is 1.57 bits per heavy atom. The lowest BCUT2D eigenvalue weighted by molar-refractivity contribution is -0.114. The van der Waals surface area contributed by atoms with Gasteiger partial charge < -0.3 is 15.4 Å². The predicted octanol–water partition coefficient (Wildman–Crippen LogP) is 4.15. The Balaban J connectivity index is 1.52. The maximum absolute atomic E-state index is 12.3. The van der Waals surface area contributed by atoms with E-state index in [1.54, 1.807) is 30.3 Å². The fraction of sp³-hybridized carbons (Fsp3) is 0.130. The minimum Gasteiger partial charge on any atom is -0.489 e. The molecule has 0 radical (unpaired) electrons. The van der Waals surface area contributed by atoms with Crippen LogP contribution in [0.1, 0.15) is 28.4 Å². The van der Waals surface area contributed by atoms with Crippen molar-refractivity contribution in [3.05, 3.63) is 95.6 Å². The average molecular weight is 374 g/mol. The molecule has 3 aromatic carbocycles. The van der Waals surface area contributed by atoms with Gasteiger partial charge in [-0.2, -0.15) is 0 Å². The molecule has 0 saturated heterocycles. The second kappa shape index (κ2) is 9.37. The molecule has 0 aliphatic heterocycles. The summed E-state index contributed by atoms with van der Waals surface area (Å²) >= 11 is 0. The van der Waals surface area contributed by atoms with Crippen molar-refractivity contribution in [1.29, 1.82) is 0 Å². The van der Waals surface area contributed by atoms with Gasteiger partial charge in [-0.15, -0.1) is 0 Å². The molecule has 2 N–H and O–H groups in total. The van der Waals surface area contributed by atoms with Crippen LogP contribution < -0.4 is 15.4 Å². The van der Waals surface area contributed by atoms with Crippen molar-refractivity contribution in [2.45, 2.75) is 20.1 Å². The van der Waals surface area contributed by atoms with Crippen LogP contribution in [0.5, 0.6) is 5.75 Å². The van der Waals surface area contributed by atoms with E-state index in [1.807, 2.05) is 48.5 Å². The lowest BCUT2D eigenvalue weighted by Crippen LogP contribution is -2.22. The van der Waals surface area contributed by atoms with Gasteiger partial charge in [-0.1, -0.05) is 42.5 Å². The van der Waals surface area contributed by atoms with Gasteiger partial charge in [0.05, 0.1) is 0 Å². The Bertz CT molecular complexity index is 938. The number of nitrogens with one attached hydrogen (secondary N) is 2. The molecule has 0 spiro atoms. The van der Waals surface area contributed by atoms with E-state index in [-0.39, 0.29) is 11.8 Å². The van der Waals surface area contributed by atoms with E-state index in [9.17, 15) is 9.59 Å². The zero-order valence-corrected chi connectivity index (χ0v) is 15.6. The number of anilines is 1. The van der Waals surface area contributed by atoms with Crippen LogP contribution in [0.4, 0.5) is 5.69 Å². The van der Waals surface area contributed by atoms with Gasteiger partial charge in [0.15, 0.2) is 0 Å². The normalized spacial score (nSPS) is 10.2. The number of carbonyl (C=O) groups excluding carboxylic acids is 2. The van der Waals surface area contributed by atoms with Crippen LogP contribution in [0.3, 0.4) is 0 Å². The zero-order chi connectivity index (χ0) is 19.8. The molecular weight excluding hydrogens is 352 g/mol. The highest BCUT2D eigenvalue weighted by molar-refractivity contribution is 5.94. The summed E-state index contributed by atoms with van der Waals surface area (Å²) in [5, 5.41) is 5.61. The minimum absolute atomic E-state index is 0.129. The number of benzene rings is 3. The molecule has 0 fully saturated rings. The predicted molar refractivity (Wildman–Crippen MR) is 109 cm³/mol. The van der Waals surface area contributed by atoms with Gasteiger partial charge >= 0.3 is 0 Å². The van der Waals surface area contributed by atoms with Crippen LogP contribution in [0.25, 0.3) is 0 Å². The van der Waals surface area contributed by atoms with Gasteiger partial charge in [0.2, 0.25) is 5.91 Å². The van der Waals surface area contributed by atoms with E-state index < -0.39 is 0 Å². The van der Waals surface area contributed by atoms with Gasteiger partial charge in [0.1, 0.15) is 12.4 Å². The second-order valence-electron chi connectivity index (χ2n) is 6.36. The average Bonchev–Trinajstić information content (AvgIpc) is 2.71. The number of hydrogen-bond acceptors (Lipinski definition) is 3. The third-order valence-electron chi connectivity index (χ3n) is 4.07. The Morgan fingerprint density at radius 1 is 0.857 bits per heavy atom. The van der Waals surface area contributed by atoms with Crippen molar-refractivity contribution in [2.24, 2.45) is 0 Å². The van der Waals surface area contributed by atoms with Gasteiger partial charge in [0, 0.05) is 24.7 Å². The number of carbonyl (C=O) groups is 2. The molecule has 0 aliphatic carbocycles. The summed E-state index contributed by atoms with van der Waals surface area (Å²) in [4.78, 5) is 23.5. The summed E-state index contributed by atoms with van der Waals surface area (Å²) in [5.74, 6) is 0.415. The van der Waals surface area contributed by atoms with Crippen LogP contribution in [-0.4, -0.2) is 11.8 Å². The highest BCUT2D eigenvalue weighted by Crippen LogP contribution is 2.15. The molecule has 5 nitrogen and oxygen atoms in total. The Hall–Kier alpha value is -3.60. The first-order valence-electron chi connectivity index (χ1n) is 9.02. The molecule has 0 heterocycles. The summed E-state index contributed by atoms with van der Waals surface area (Å²) < 4.78 is 5.73. The van der Waals surface area contributed by atoms with Gasteiger partial charge in [-0.05, 0) is 47.5 Å². The van der Waals surface area contributed by atoms with Crippen molar-refractivity contribution in [1.82, 2.24) is 5.32 Å². The quantitative estimate of drug-likeness (QED) is 0.653. The molecule has 5 heteroatoms. The smallest absolute Gasteiger partial charge is 0.251 e. The molecule has 0 unspecified atom stereocenters. The molecule has 0 atom stereocenters. The number of ether oxygens (including phenoxy) is 1. The molecule has 142 valence electrons.